The van der Waals surface area contributed by atoms with Gasteiger partial charge in [-0.3, -0.25) is 0 Å². The number of thiazole rings is 1. The van der Waals surface area contributed by atoms with Gasteiger partial charge in [-0.1, -0.05) is 23.5 Å². The average molecular weight is 195 g/mol. The third-order valence-corrected chi connectivity index (χ3v) is 2.88. The van der Waals surface area contributed by atoms with E-state index in [-0.39, 0.29) is 0 Å². The topological polar surface area (TPSA) is 50.9 Å². The van der Waals surface area contributed by atoms with Crippen LogP contribution in [0.1, 0.15) is 19.3 Å². The van der Waals surface area contributed by atoms with Gasteiger partial charge in [0.1, 0.15) is 5.00 Å². The van der Waals surface area contributed by atoms with Crippen LogP contribution in [-0.2, 0) is 0 Å². The summed E-state index contributed by atoms with van der Waals surface area (Å²) in [6.07, 6.45) is 9.60. The monoisotopic (exact) mass is 195 g/mol. The summed E-state index contributed by atoms with van der Waals surface area (Å²) in [7, 11) is 0. The van der Waals surface area contributed by atoms with Crippen molar-refractivity contribution in [3.8, 4) is 0 Å². The molecule has 1 aromatic heterocycles. The zero-order valence-corrected chi connectivity index (χ0v) is 8.18. The van der Waals surface area contributed by atoms with Gasteiger partial charge in [0.05, 0.1) is 6.20 Å². The molecule has 2 rings (SSSR count). The fourth-order valence-electron chi connectivity index (χ4n) is 1.45. The molecule has 3 nitrogen and oxygen atoms in total. The molecular weight excluding hydrogens is 182 g/mol. The molecule has 0 spiro atoms. The lowest BCUT2D eigenvalue weighted by molar-refractivity contribution is 0.644. The Morgan fingerprint density at radius 2 is 2.46 bits per heavy atom. The minimum atomic E-state index is 0.538. The second kappa shape index (κ2) is 3.79. The minimum absolute atomic E-state index is 0.538. The van der Waals surface area contributed by atoms with Crippen LogP contribution in [0.3, 0.4) is 0 Å². The highest BCUT2D eigenvalue weighted by Crippen LogP contribution is 2.23. The van der Waals surface area contributed by atoms with Crippen LogP contribution >= 0.6 is 11.3 Å². The molecule has 0 saturated heterocycles. The predicted octanol–water partition coefficient (Wildman–Crippen LogP) is 2.25. The molecule has 0 fully saturated rings. The van der Waals surface area contributed by atoms with E-state index in [1.54, 1.807) is 6.20 Å². The lowest BCUT2D eigenvalue weighted by Crippen LogP contribution is -2.19. The number of allylic oxidation sites excluding steroid dienone is 1. The van der Waals surface area contributed by atoms with Crippen LogP contribution in [0.15, 0.2) is 18.3 Å². The van der Waals surface area contributed by atoms with Gasteiger partial charge in [-0.2, -0.15) is 0 Å². The standard InChI is InChI=1S/C9H13N3S/c10-8-6-11-9(13-8)12-7-4-2-1-3-5-7/h1-2,6-7H,3-5,10H2,(H,11,12). The molecular formula is C9H13N3S. The van der Waals surface area contributed by atoms with E-state index < -0.39 is 0 Å². The Labute approximate surface area is 81.7 Å². The van der Waals surface area contributed by atoms with E-state index in [4.69, 9.17) is 5.73 Å². The summed E-state index contributed by atoms with van der Waals surface area (Å²) >= 11 is 1.51. The van der Waals surface area contributed by atoms with Gasteiger partial charge in [-0.15, -0.1) is 0 Å². The van der Waals surface area contributed by atoms with Gasteiger partial charge in [0.2, 0.25) is 0 Å². The van der Waals surface area contributed by atoms with Crippen LogP contribution in [0.5, 0.6) is 0 Å². The van der Waals surface area contributed by atoms with Crippen molar-refractivity contribution >= 4 is 21.5 Å². The van der Waals surface area contributed by atoms with Crippen molar-refractivity contribution in [2.24, 2.45) is 0 Å². The van der Waals surface area contributed by atoms with Crippen LogP contribution in [0, 0.1) is 0 Å². The molecule has 70 valence electrons. The number of nitrogen functional groups attached to an aromatic ring is 1. The predicted molar refractivity (Wildman–Crippen MR) is 56.9 cm³/mol. The first-order chi connectivity index (χ1) is 6.34. The molecule has 0 aromatic carbocycles. The molecule has 1 aliphatic carbocycles. The smallest absolute Gasteiger partial charge is 0.184 e. The number of hydrogen-bond donors (Lipinski definition) is 2. The zero-order chi connectivity index (χ0) is 9.10. The van der Waals surface area contributed by atoms with Crippen molar-refractivity contribution in [1.29, 1.82) is 0 Å². The lowest BCUT2D eigenvalue weighted by atomic mass is 10.0. The van der Waals surface area contributed by atoms with E-state index in [9.17, 15) is 0 Å². The molecule has 1 atom stereocenters. The van der Waals surface area contributed by atoms with Crippen molar-refractivity contribution in [3.05, 3.63) is 18.3 Å². The Balaban J connectivity index is 1.94. The maximum absolute atomic E-state index is 5.59. The first-order valence-electron chi connectivity index (χ1n) is 4.47. The highest BCUT2D eigenvalue weighted by Gasteiger charge is 2.10. The van der Waals surface area contributed by atoms with Crippen molar-refractivity contribution in [2.75, 3.05) is 11.1 Å². The number of hydrogen-bond acceptors (Lipinski definition) is 4. The number of nitrogens with zero attached hydrogens (tertiary/aromatic N) is 1. The van der Waals surface area contributed by atoms with E-state index in [1.165, 1.54) is 24.2 Å². The first kappa shape index (κ1) is 8.56. The highest BCUT2D eigenvalue weighted by molar-refractivity contribution is 7.19. The number of anilines is 2. The van der Waals surface area contributed by atoms with Gasteiger partial charge >= 0.3 is 0 Å². The fourth-order valence-corrected chi connectivity index (χ4v) is 2.11. The molecule has 0 radical (unpaired) electrons. The van der Waals surface area contributed by atoms with E-state index in [1.807, 2.05) is 0 Å². The summed E-state index contributed by atoms with van der Waals surface area (Å²) in [6.45, 7) is 0. The van der Waals surface area contributed by atoms with Crippen molar-refractivity contribution in [2.45, 2.75) is 25.3 Å². The average Bonchev–Trinajstić information content (AvgIpc) is 2.53. The molecule has 0 saturated carbocycles. The molecule has 4 heteroatoms. The van der Waals surface area contributed by atoms with E-state index >= 15 is 0 Å². The molecule has 1 aromatic rings. The van der Waals surface area contributed by atoms with Gasteiger partial charge in [0, 0.05) is 6.04 Å². The maximum atomic E-state index is 5.59. The van der Waals surface area contributed by atoms with Gasteiger partial charge < -0.3 is 11.1 Å². The number of rotatable bonds is 2. The summed E-state index contributed by atoms with van der Waals surface area (Å²) in [5.74, 6) is 0. The largest absolute Gasteiger partial charge is 0.389 e. The molecule has 0 aliphatic heterocycles. The van der Waals surface area contributed by atoms with Gasteiger partial charge in [-0.05, 0) is 19.3 Å². The summed E-state index contributed by atoms with van der Waals surface area (Å²) in [5.41, 5.74) is 5.59. The molecule has 13 heavy (non-hydrogen) atoms. The van der Waals surface area contributed by atoms with Crippen LogP contribution in [0.4, 0.5) is 10.1 Å². The van der Waals surface area contributed by atoms with Crippen LogP contribution in [0.25, 0.3) is 0 Å². The van der Waals surface area contributed by atoms with E-state index in [2.05, 4.69) is 22.5 Å². The zero-order valence-electron chi connectivity index (χ0n) is 7.36. The minimum Gasteiger partial charge on any atom is -0.389 e. The Kier molecular flexibility index (Phi) is 2.49. The molecule has 0 bridgehead atoms. The Hall–Kier alpha value is -1.03. The Bertz CT molecular complexity index is 306. The van der Waals surface area contributed by atoms with Crippen molar-refractivity contribution in [1.82, 2.24) is 4.98 Å². The number of aromatic nitrogens is 1. The highest BCUT2D eigenvalue weighted by atomic mass is 32.1. The number of nitrogens with one attached hydrogen (secondary N) is 1. The quantitative estimate of drug-likeness (QED) is 0.712. The van der Waals surface area contributed by atoms with E-state index in [0.717, 1.165) is 16.6 Å². The lowest BCUT2D eigenvalue weighted by Gasteiger charge is -2.18. The van der Waals surface area contributed by atoms with E-state index in [0.29, 0.717) is 6.04 Å². The third-order valence-electron chi connectivity index (χ3n) is 2.12. The van der Waals surface area contributed by atoms with Gasteiger partial charge in [0.15, 0.2) is 5.13 Å². The first-order valence-corrected chi connectivity index (χ1v) is 5.29. The number of nitrogens with two attached hydrogens (primary N) is 1. The van der Waals surface area contributed by atoms with Crippen molar-refractivity contribution in [3.63, 3.8) is 0 Å². The Morgan fingerprint density at radius 1 is 1.54 bits per heavy atom. The normalized spacial score (nSPS) is 21.7. The molecule has 1 aliphatic rings. The fraction of sp³-hybridized carbons (Fsp3) is 0.444. The van der Waals surface area contributed by atoms with Crippen molar-refractivity contribution < 1.29 is 0 Å². The summed E-state index contributed by atoms with van der Waals surface area (Å²) < 4.78 is 0. The SMILES string of the molecule is Nc1cnc(NC2CC=CCC2)s1. The molecule has 0 amide bonds. The maximum Gasteiger partial charge on any atom is 0.184 e. The molecule has 1 heterocycles. The summed E-state index contributed by atoms with van der Waals surface area (Å²) in [5, 5.41) is 5.09. The molecule has 1 unspecified atom stereocenters. The third kappa shape index (κ3) is 2.21. The van der Waals surface area contributed by atoms with Crippen LogP contribution in [0.2, 0.25) is 0 Å². The summed E-state index contributed by atoms with van der Waals surface area (Å²) in [6, 6.07) is 0.538. The van der Waals surface area contributed by atoms with Crippen LogP contribution in [-0.4, -0.2) is 11.0 Å². The Morgan fingerprint density at radius 3 is 3.08 bits per heavy atom. The van der Waals surface area contributed by atoms with Gasteiger partial charge in [0.25, 0.3) is 0 Å². The summed E-state index contributed by atoms with van der Waals surface area (Å²) in [4.78, 5) is 4.17. The van der Waals surface area contributed by atoms with Crippen LogP contribution < -0.4 is 11.1 Å². The van der Waals surface area contributed by atoms with Gasteiger partial charge in [-0.25, -0.2) is 4.98 Å². The second-order valence-electron chi connectivity index (χ2n) is 3.19. The second-order valence-corrected chi connectivity index (χ2v) is 4.26. The molecule has 3 N–H and O–H groups in total.